The first kappa shape index (κ1) is 22.5. The van der Waals surface area contributed by atoms with Gasteiger partial charge in [-0.05, 0) is 41.5 Å². The fourth-order valence-corrected chi connectivity index (χ4v) is 4.08. The van der Waals surface area contributed by atoms with E-state index in [-0.39, 0.29) is 17.7 Å². The van der Waals surface area contributed by atoms with Crippen molar-refractivity contribution in [1.82, 2.24) is 10.6 Å². The van der Waals surface area contributed by atoms with Crippen LogP contribution in [0, 0.1) is 5.92 Å². The van der Waals surface area contributed by atoms with Gasteiger partial charge in [0.05, 0.1) is 0 Å². The normalized spacial score (nSPS) is 21.5. The molecule has 4 bridgehead atoms. The molecule has 4 rings (SSSR count). The number of fused-ring (bicyclic) bond motifs is 8. The molecule has 2 aliphatic heterocycles. The van der Waals surface area contributed by atoms with Gasteiger partial charge >= 0.3 is 5.97 Å². The van der Waals surface area contributed by atoms with Crippen molar-refractivity contribution in [1.29, 1.82) is 0 Å². The summed E-state index contributed by atoms with van der Waals surface area (Å²) in [4.78, 5) is 36.3. The molecule has 2 aliphatic rings. The van der Waals surface area contributed by atoms with Crippen LogP contribution in [0.1, 0.15) is 54.9 Å². The van der Waals surface area contributed by atoms with Crippen molar-refractivity contribution in [2.24, 2.45) is 5.92 Å². The van der Waals surface area contributed by atoms with Crippen molar-refractivity contribution in [3.05, 3.63) is 70.8 Å². The van der Waals surface area contributed by atoms with Crippen molar-refractivity contribution >= 4 is 17.8 Å². The van der Waals surface area contributed by atoms with Crippen LogP contribution in [0.2, 0.25) is 0 Å². The molecule has 0 aromatic heterocycles. The van der Waals surface area contributed by atoms with Crippen LogP contribution < -0.4 is 10.6 Å². The lowest BCUT2D eigenvalue weighted by molar-refractivity contribution is -0.138. The van der Waals surface area contributed by atoms with Gasteiger partial charge in [0.15, 0.2) is 0 Å². The topological polar surface area (TPSA) is 95.5 Å². The van der Waals surface area contributed by atoms with E-state index in [0.29, 0.717) is 12.8 Å². The second kappa shape index (κ2) is 10.2. The van der Waals surface area contributed by atoms with Gasteiger partial charge in [-0.3, -0.25) is 14.4 Å². The van der Waals surface area contributed by atoms with Gasteiger partial charge in [-0.25, -0.2) is 0 Å². The minimum absolute atomic E-state index is 0.204. The molecule has 3 N–H and O–H groups in total. The standard InChI is InChI=1S/C25H30N2O4/c1-3-21-19-11-9-17(10-12-19)8-7-16(2)24(30)27-22(25(31)26-15-23(28)29)14-18-5-4-6-20(21)13-18/h4-6,9-13,16,21-22H,3,7-8,14-15H2,1-2H3,(H,26,31)(H,27,30)(H,28,29)/t16-,21?,22?/m0/s1. The highest BCUT2D eigenvalue weighted by atomic mass is 16.4. The first-order valence-electron chi connectivity index (χ1n) is 10.8. The number of carbonyl (C=O) groups is 3. The molecule has 0 saturated heterocycles. The van der Waals surface area contributed by atoms with E-state index in [2.05, 4.69) is 54.0 Å². The third kappa shape index (κ3) is 5.94. The van der Waals surface area contributed by atoms with Gasteiger partial charge in [0.2, 0.25) is 11.8 Å². The molecule has 3 atom stereocenters. The Labute approximate surface area is 183 Å². The quantitative estimate of drug-likeness (QED) is 0.706. The smallest absolute Gasteiger partial charge is 0.322 e. The van der Waals surface area contributed by atoms with Gasteiger partial charge in [0.25, 0.3) is 0 Å². The third-order valence-corrected chi connectivity index (χ3v) is 5.94. The number of carboxylic acids is 1. The minimum atomic E-state index is -1.12. The maximum absolute atomic E-state index is 12.8. The molecule has 0 fully saturated rings. The van der Waals surface area contributed by atoms with Crippen LogP contribution in [-0.4, -0.2) is 35.5 Å². The minimum Gasteiger partial charge on any atom is -0.480 e. The molecular weight excluding hydrogens is 392 g/mol. The van der Waals surface area contributed by atoms with Crippen molar-refractivity contribution < 1.29 is 19.5 Å². The van der Waals surface area contributed by atoms with Gasteiger partial charge < -0.3 is 15.7 Å². The number of amides is 2. The Morgan fingerprint density at radius 1 is 1.10 bits per heavy atom. The van der Waals surface area contributed by atoms with E-state index in [1.807, 2.05) is 19.1 Å². The average Bonchev–Trinajstić information content (AvgIpc) is 2.76. The van der Waals surface area contributed by atoms with Crippen LogP contribution in [0.3, 0.4) is 0 Å². The van der Waals surface area contributed by atoms with Crippen LogP contribution in [0.5, 0.6) is 0 Å². The van der Waals surface area contributed by atoms with Crippen molar-refractivity contribution in [3.8, 4) is 0 Å². The lowest BCUT2D eigenvalue weighted by Crippen LogP contribution is -2.50. The number of hydrogen-bond donors (Lipinski definition) is 3. The number of hydrogen-bond acceptors (Lipinski definition) is 3. The fraction of sp³-hybridized carbons (Fsp3) is 0.400. The summed E-state index contributed by atoms with van der Waals surface area (Å²) in [6, 6.07) is 15.8. The molecule has 31 heavy (non-hydrogen) atoms. The lowest BCUT2D eigenvalue weighted by atomic mass is 9.87. The average molecular weight is 423 g/mol. The summed E-state index contributed by atoms with van der Waals surface area (Å²) in [6.07, 6.45) is 2.68. The highest BCUT2D eigenvalue weighted by molar-refractivity contribution is 5.90. The Bertz CT molecular complexity index is 939. The molecular formula is C25H30N2O4. The third-order valence-electron chi connectivity index (χ3n) is 5.94. The van der Waals surface area contributed by atoms with Gasteiger partial charge in [-0.15, -0.1) is 0 Å². The van der Waals surface area contributed by atoms with Gasteiger partial charge in [-0.1, -0.05) is 62.4 Å². The molecule has 0 spiro atoms. The Hall–Kier alpha value is -3.15. The monoisotopic (exact) mass is 422 g/mol. The van der Waals surface area contributed by atoms with E-state index in [1.165, 1.54) is 11.1 Å². The molecule has 2 aromatic rings. The van der Waals surface area contributed by atoms with E-state index in [4.69, 9.17) is 5.11 Å². The Kier molecular flexibility index (Phi) is 7.45. The summed E-state index contributed by atoms with van der Waals surface area (Å²) in [5.74, 6) is -1.84. The van der Waals surface area contributed by atoms with Gasteiger partial charge in [-0.2, -0.15) is 0 Å². The first-order valence-corrected chi connectivity index (χ1v) is 10.8. The number of aryl methyl sites for hydroxylation is 1. The van der Waals surface area contributed by atoms with Crippen LogP contribution in [0.25, 0.3) is 0 Å². The Morgan fingerprint density at radius 3 is 2.52 bits per heavy atom. The molecule has 164 valence electrons. The summed E-state index contributed by atoms with van der Waals surface area (Å²) >= 11 is 0. The molecule has 2 unspecified atom stereocenters. The number of benzene rings is 2. The predicted molar refractivity (Wildman–Crippen MR) is 119 cm³/mol. The Morgan fingerprint density at radius 2 is 1.84 bits per heavy atom. The molecule has 6 heteroatoms. The van der Waals surface area contributed by atoms with E-state index in [9.17, 15) is 14.4 Å². The number of carbonyl (C=O) groups excluding carboxylic acids is 2. The second-order valence-corrected chi connectivity index (χ2v) is 8.26. The lowest BCUT2D eigenvalue weighted by Gasteiger charge is -2.21. The summed E-state index contributed by atoms with van der Waals surface area (Å²) in [5.41, 5.74) is 4.51. The van der Waals surface area contributed by atoms with Gasteiger partial charge in [0, 0.05) is 18.3 Å². The van der Waals surface area contributed by atoms with Crippen LogP contribution in [0.4, 0.5) is 0 Å². The van der Waals surface area contributed by atoms with Crippen molar-refractivity contribution in [3.63, 3.8) is 0 Å². The summed E-state index contributed by atoms with van der Waals surface area (Å²) in [7, 11) is 0. The van der Waals surface area contributed by atoms with Crippen molar-refractivity contribution in [2.75, 3.05) is 6.54 Å². The molecule has 0 aliphatic carbocycles. The summed E-state index contributed by atoms with van der Waals surface area (Å²) in [6.45, 7) is 3.53. The van der Waals surface area contributed by atoms with E-state index >= 15 is 0 Å². The largest absolute Gasteiger partial charge is 0.480 e. The zero-order valence-electron chi connectivity index (χ0n) is 18.1. The zero-order valence-corrected chi connectivity index (χ0v) is 18.1. The number of nitrogens with one attached hydrogen (secondary N) is 2. The summed E-state index contributed by atoms with van der Waals surface area (Å²) < 4.78 is 0. The predicted octanol–water partition coefficient (Wildman–Crippen LogP) is 3.04. The van der Waals surface area contributed by atoms with Crippen LogP contribution >= 0.6 is 0 Å². The molecule has 6 nitrogen and oxygen atoms in total. The number of aliphatic carboxylic acids is 1. The molecule has 0 saturated carbocycles. The van der Waals surface area contributed by atoms with E-state index < -0.39 is 24.5 Å². The zero-order chi connectivity index (χ0) is 22.4. The first-order chi connectivity index (χ1) is 14.9. The highest BCUT2D eigenvalue weighted by Crippen LogP contribution is 2.29. The van der Waals surface area contributed by atoms with E-state index in [0.717, 1.165) is 24.0 Å². The molecule has 2 aromatic carbocycles. The molecule has 0 radical (unpaired) electrons. The molecule has 2 heterocycles. The SMILES string of the molecule is CCC1c2ccc(cc2)CC[C@H](C)C(=O)NC(C(=O)NCC(=O)O)Cc2cccc1c2. The van der Waals surface area contributed by atoms with Crippen LogP contribution in [-0.2, 0) is 27.2 Å². The maximum Gasteiger partial charge on any atom is 0.322 e. The second-order valence-electron chi connectivity index (χ2n) is 8.26. The highest BCUT2D eigenvalue weighted by Gasteiger charge is 2.25. The fourth-order valence-electron chi connectivity index (χ4n) is 4.08. The van der Waals surface area contributed by atoms with Crippen molar-refractivity contribution in [2.45, 2.75) is 51.5 Å². The summed E-state index contributed by atoms with van der Waals surface area (Å²) in [5, 5.41) is 14.1. The van der Waals surface area contributed by atoms with E-state index in [1.54, 1.807) is 0 Å². The molecule has 2 amide bonds. The Balaban J connectivity index is 1.96. The number of rotatable bonds is 4. The van der Waals surface area contributed by atoms with Gasteiger partial charge in [0.1, 0.15) is 12.6 Å². The maximum atomic E-state index is 12.8. The van der Waals surface area contributed by atoms with Crippen LogP contribution in [0.15, 0.2) is 48.5 Å². The number of carboxylic acid groups (broad SMARTS) is 1.